The Morgan fingerprint density at radius 2 is 1.74 bits per heavy atom. The summed E-state index contributed by atoms with van der Waals surface area (Å²) in [5.74, 6) is -0.670. The van der Waals surface area contributed by atoms with E-state index in [9.17, 15) is 14.0 Å². The van der Waals surface area contributed by atoms with Crippen molar-refractivity contribution in [3.63, 3.8) is 0 Å². The van der Waals surface area contributed by atoms with Gasteiger partial charge in [-0.1, -0.05) is 30.3 Å². The van der Waals surface area contributed by atoms with Crippen LogP contribution in [0.25, 0.3) is 0 Å². The van der Waals surface area contributed by atoms with Gasteiger partial charge in [0, 0.05) is 5.56 Å². The third-order valence-corrected chi connectivity index (χ3v) is 4.11. The van der Waals surface area contributed by atoms with Crippen molar-refractivity contribution in [2.45, 2.75) is 0 Å². The molecule has 0 saturated carbocycles. The van der Waals surface area contributed by atoms with Crippen LogP contribution < -0.4 is 20.2 Å². The van der Waals surface area contributed by atoms with Crippen LogP contribution >= 0.6 is 0 Å². The van der Waals surface area contributed by atoms with E-state index in [1.54, 1.807) is 48.5 Å². The number of benzene rings is 3. The highest BCUT2D eigenvalue weighted by Gasteiger charge is 2.10. The van der Waals surface area contributed by atoms with Gasteiger partial charge in [0.2, 0.25) is 0 Å². The summed E-state index contributed by atoms with van der Waals surface area (Å²) in [6, 6.07) is 19.5. The first kappa shape index (κ1) is 21.5. The van der Waals surface area contributed by atoms with Crippen molar-refractivity contribution in [3.8, 4) is 11.5 Å². The first-order chi connectivity index (χ1) is 15.1. The van der Waals surface area contributed by atoms with E-state index in [0.29, 0.717) is 22.6 Å². The predicted molar refractivity (Wildman–Crippen MR) is 115 cm³/mol. The largest absolute Gasteiger partial charge is 0.493 e. The molecule has 158 valence electrons. The lowest BCUT2D eigenvalue weighted by Crippen LogP contribution is -2.21. The number of anilines is 1. The molecule has 0 radical (unpaired) electrons. The van der Waals surface area contributed by atoms with E-state index in [1.165, 1.54) is 31.5 Å². The van der Waals surface area contributed by atoms with Gasteiger partial charge in [-0.3, -0.25) is 9.59 Å². The third-order valence-electron chi connectivity index (χ3n) is 4.11. The Bertz CT molecular complexity index is 1090. The van der Waals surface area contributed by atoms with E-state index in [0.717, 1.165) is 0 Å². The molecule has 0 aliphatic heterocycles. The third kappa shape index (κ3) is 6.14. The molecule has 0 spiro atoms. The van der Waals surface area contributed by atoms with E-state index >= 15 is 0 Å². The minimum absolute atomic E-state index is 0.0761. The van der Waals surface area contributed by atoms with Gasteiger partial charge < -0.3 is 14.8 Å². The maximum atomic E-state index is 13.6. The standard InChI is InChI=1S/C23H20FN3O4/c1-30-21-13-16(14-25-27-23(29)17-7-3-2-4-8-17)11-12-20(21)31-15-22(28)26-19-10-6-5-9-18(19)24/h2-14H,15H2,1H3,(H,26,28)(H,27,29). The molecule has 2 amide bonds. The smallest absolute Gasteiger partial charge is 0.271 e. The van der Waals surface area contributed by atoms with Crippen LogP contribution in [0.2, 0.25) is 0 Å². The normalized spacial score (nSPS) is 10.5. The lowest BCUT2D eigenvalue weighted by molar-refractivity contribution is -0.118. The molecule has 0 atom stereocenters. The Hall–Kier alpha value is -4.20. The molecule has 0 aromatic heterocycles. The molecule has 0 aliphatic carbocycles. The molecular formula is C23H20FN3O4. The molecule has 8 heteroatoms. The second-order valence-electron chi connectivity index (χ2n) is 6.29. The Morgan fingerprint density at radius 1 is 1.00 bits per heavy atom. The highest BCUT2D eigenvalue weighted by atomic mass is 19.1. The highest BCUT2D eigenvalue weighted by molar-refractivity contribution is 5.95. The zero-order chi connectivity index (χ0) is 22.1. The minimum atomic E-state index is -0.531. The van der Waals surface area contributed by atoms with Crippen LogP contribution in [0.4, 0.5) is 10.1 Å². The van der Waals surface area contributed by atoms with Gasteiger partial charge in [-0.15, -0.1) is 0 Å². The number of para-hydroxylation sites is 1. The minimum Gasteiger partial charge on any atom is -0.493 e. The van der Waals surface area contributed by atoms with Crippen LogP contribution in [0.5, 0.6) is 11.5 Å². The second-order valence-corrected chi connectivity index (χ2v) is 6.29. The molecule has 0 saturated heterocycles. The van der Waals surface area contributed by atoms with Crippen molar-refractivity contribution < 1.29 is 23.5 Å². The van der Waals surface area contributed by atoms with Crippen LogP contribution in [0.3, 0.4) is 0 Å². The second kappa shape index (κ2) is 10.5. The highest BCUT2D eigenvalue weighted by Crippen LogP contribution is 2.27. The number of halogens is 1. The van der Waals surface area contributed by atoms with E-state index < -0.39 is 11.7 Å². The van der Waals surface area contributed by atoms with Gasteiger partial charge in [-0.05, 0) is 48.0 Å². The van der Waals surface area contributed by atoms with Crippen molar-refractivity contribution in [2.24, 2.45) is 5.10 Å². The maximum Gasteiger partial charge on any atom is 0.271 e. The summed E-state index contributed by atoms with van der Waals surface area (Å²) in [6.45, 7) is -0.328. The number of carbonyl (C=O) groups excluding carboxylic acids is 2. The summed E-state index contributed by atoms with van der Waals surface area (Å²) in [4.78, 5) is 24.0. The van der Waals surface area contributed by atoms with Crippen LogP contribution in [0, 0.1) is 5.82 Å². The molecule has 0 unspecified atom stereocenters. The van der Waals surface area contributed by atoms with E-state index in [4.69, 9.17) is 9.47 Å². The monoisotopic (exact) mass is 421 g/mol. The average molecular weight is 421 g/mol. The summed E-state index contributed by atoms with van der Waals surface area (Å²) in [6.07, 6.45) is 1.46. The van der Waals surface area contributed by atoms with Gasteiger partial charge in [0.1, 0.15) is 5.82 Å². The fraction of sp³-hybridized carbons (Fsp3) is 0.0870. The maximum absolute atomic E-state index is 13.6. The zero-order valence-electron chi connectivity index (χ0n) is 16.7. The summed E-state index contributed by atoms with van der Waals surface area (Å²) < 4.78 is 24.4. The number of hydrogen-bond acceptors (Lipinski definition) is 5. The Kier molecular flexibility index (Phi) is 7.31. The SMILES string of the molecule is COc1cc(C=NNC(=O)c2ccccc2)ccc1OCC(=O)Nc1ccccc1F. The number of hydrogen-bond donors (Lipinski definition) is 2. The van der Waals surface area contributed by atoms with Gasteiger partial charge in [-0.2, -0.15) is 5.10 Å². The number of nitrogens with zero attached hydrogens (tertiary/aromatic N) is 1. The topological polar surface area (TPSA) is 89.0 Å². The van der Waals surface area contributed by atoms with E-state index in [2.05, 4.69) is 15.8 Å². The molecule has 2 N–H and O–H groups in total. The summed E-state index contributed by atoms with van der Waals surface area (Å²) in [5.41, 5.74) is 3.66. The van der Waals surface area contributed by atoms with Crippen molar-refractivity contribution in [3.05, 3.63) is 89.7 Å². The van der Waals surface area contributed by atoms with Crippen molar-refractivity contribution in [2.75, 3.05) is 19.0 Å². The fourth-order valence-corrected chi connectivity index (χ4v) is 2.60. The van der Waals surface area contributed by atoms with Gasteiger partial charge in [0.15, 0.2) is 18.1 Å². The molecule has 0 bridgehead atoms. The molecule has 3 aromatic rings. The molecule has 0 fully saturated rings. The number of amides is 2. The van der Waals surface area contributed by atoms with E-state index in [-0.39, 0.29) is 18.2 Å². The number of nitrogens with one attached hydrogen (secondary N) is 2. The van der Waals surface area contributed by atoms with Gasteiger partial charge in [0.05, 0.1) is 19.0 Å². The van der Waals surface area contributed by atoms with Crippen LogP contribution in [-0.2, 0) is 4.79 Å². The van der Waals surface area contributed by atoms with Crippen LogP contribution in [0.15, 0.2) is 77.9 Å². The first-order valence-corrected chi connectivity index (χ1v) is 9.30. The number of hydrazone groups is 1. The van der Waals surface area contributed by atoms with Gasteiger partial charge >= 0.3 is 0 Å². The number of rotatable bonds is 8. The summed E-state index contributed by atoms with van der Waals surface area (Å²) in [5, 5.41) is 6.37. The zero-order valence-corrected chi connectivity index (χ0v) is 16.7. The number of carbonyl (C=O) groups is 2. The molecule has 31 heavy (non-hydrogen) atoms. The molecule has 7 nitrogen and oxygen atoms in total. The predicted octanol–water partition coefficient (Wildman–Crippen LogP) is 3.62. The molecular weight excluding hydrogens is 401 g/mol. The Balaban J connectivity index is 1.57. The van der Waals surface area contributed by atoms with Crippen molar-refractivity contribution in [1.82, 2.24) is 5.43 Å². The average Bonchev–Trinajstić information content (AvgIpc) is 2.80. The summed E-state index contributed by atoms with van der Waals surface area (Å²) in [7, 11) is 1.46. The molecule has 3 rings (SSSR count). The Morgan fingerprint density at radius 3 is 2.48 bits per heavy atom. The molecule has 0 aliphatic rings. The van der Waals surface area contributed by atoms with Gasteiger partial charge in [-0.25, -0.2) is 9.82 Å². The van der Waals surface area contributed by atoms with Crippen LogP contribution in [-0.4, -0.2) is 31.7 Å². The first-order valence-electron chi connectivity index (χ1n) is 9.30. The van der Waals surface area contributed by atoms with Crippen molar-refractivity contribution in [1.29, 1.82) is 0 Å². The van der Waals surface area contributed by atoms with Crippen LogP contribution in [0.1, 0.15) is 15.9 Å². The lowest BCUT2D eigenvalue weighted by atomic mass is 10.2. The fourth-order valence-electron chi connectivity index (χ4n) is 2.60. The van der Waals surface area contributed by atoms with E-state index in [1.807, 2.05) is 6.07 Å². The number of methoxy groups -OCH3 is 1. The summed E-state index contributed by atoms with van der Waals surface area (Å²) >= 11 is 0. The van der Waals surface area contributed by atoms with Crippen molar-refractivity contribution >= 4 is 23.7 Å². The quantitative estimate of drug-likeness (QED) is 0.430. The van der Waals surface area contributed by atoms with Gasteiger partial charge in [0.25, 0.3) is 11.8 Å². The Labute approximate surface area is 178 Å². The number of ether oxygens (including phenoxy) is 2. The lowest BCUT2D eigenvalue weighted by Gasteiger charge is -2.11. The molecule has 3 aromatic carbocycles. The molecule has 0 heterocycles.